The smallest absolute Gasteiger partial charge is 0.297 e. The molecule has 0 unspecified atom stereocenters. The van der Waals surface area contributed by atoms with Crippen molar-refractivity contribution >= 4 is 22.4 Å². The molecule has 1 aromatic carbocycles. The second-order valence-corrected chi connectivity index (χ2v) is 7.29. The number of nitrogens with zero attached hydrogens (tertiary/aromatic N) is 7. The number of para-hydroxylation sites is 1. The molecule has 9 heteroatoms. The number of alkyl halides is 2. The van der Waals surface area contributed by atoms with Crippen molar-refractivity contribution < 1.29 is 8.78 Å². The Balaban J connectivity index is 1.44. The summed E-state index contributed by atoms with van der Waals surface area (Å²) in [6.07, 6.45) is -1.06. The fourth-order valence-corrected chi connectivity index (χ4v) is 3.92. The summed E-state index contributed by atoms with van der Waals surface area (Å²) in [5, 5.41) is 13.9. The third-order valence-electron chi connectivity index (χ3n) is 5.38. The Morgan fingerprint density at radius 3 is 2.59 bits per heavy atom. The van der Waals surface area contributed by atoms with Gasteiger partial charge in [0.1, 0.15) is 5.82 Å². The third kappa shape index (κ3) is 3.16. The van der Waals surface area contributed by atoms with Crippen LogP contribution in [0.5, 0.6) is 0 Å². The van der Waals surface area contributed by atoms with E-state index in [0.29, 0.717) is 24.4 Å². The second-order valence-electron chi connectivity index (χ2n) is 7.29. The van der Waals surface area contributed by atoms with Crippen molar-refractivity contribution in [1.82, 2.24) is 29.8 Å². The van der Waals surface area contributed by atoms with Crippen molar-refractivity contribution in [2.45, 2.75) is 32.1 Å². The molecule has 0 bridgehead atoms. The largest absolute Gasteiger partial charge is 0.356 e. The number of hydrogen-bond donors (Lipinski definition) is 0. The average Bonchev–Trinajstić information content (AvgIpc) is 3.16. The van der Waals surface area contributed by atoms with Crippen molar-refractivity contribution in [3.63, 3.8) is 0 Å². The lowest BCUT2D eigenvalue weighted by Crippen LogP contribution is -2.34. The number of aromatic nitrogens is 6. The molecule has 0 N–H and O–H groups in total. The summed E-state index contributed by atoms with van der Waals surface area (Å²) < 4.78 is 28.4. The van der Waals surface area contributed by atoms with Crippen molar-refractivity contribution in [1.29, 1.82) is 0 Å². The van der Waals surface area contributed by atoms with E-state index in [-0.39, 0.29) is 5.92 Å². The molecule has 4 heterocycles. The van der Waals surface area contributed by atoms with E-state index >= 15 is 0 Å². The zero-order chi connectivity index (χ0) is 20.0. The number of halogens is 2. The highest BCUT2D eigenvalue weighted by molar-refractivity contribution is 5.89. The average molecular weight is 395 g/mol. The second kappa shape index (κ2) is 6.98. The maximum atomic E-state index is 13.3. The molecule has 3 aromatic heterocycles. The fourth-order valence-electron chi connectivity index (χ4n) is 3.92. The highest BCUT2D eigenvalue weighted by atomic mass is 19.3. The minimum atomic E-state index is -2.70. The summed E-state index contributed by atoms with van der Waals surface area (Å²) in [6, 6.07) is 11.1. The van der Waals surface area contributed by atoms with Gasteiger partial charge in [0.25, 0.3) is 6.43 Å². The first-order valence-corrected chi connectivity index (χ1v) is 9.59. The molecule has 0 amide bonds. The Morgan fingerprint density at radius 1 is 1.00 bits per heavy atom. The van der Waals surface area contributed by atoms with Crippen LogP contribution in [0.15, 0.2) is 36.4 Å². The van der Waals surface area contributed by atoms with Crippen LogP contribution in [0.2, 0.25) is 0 Å². The topological polar surface area (TPSA) is 72.1 Å². The predicted octanol–water partition coefficient (Wildman–Crippen LogP) is 3.70. The minimum absolute atomic E-state index is 0.207. The molecule has 29 heavy (non-hydrogen) atoms. The van der Waals surface area contributed by atoms with E-state index in [4.69, 9.17) is 0 Å². The van der Waals surface area contributed by atoms with Crippen LogP contribution in [-0.4, -0.2) is 42.9 Å². The third-order valence-corrected chi connectivity index (χ3v) is 5.38. The van der Waals surface area contributed by atoms with Gasteiger partial charge in [-0.3, -0.25) is 0 Å². The quantitative estimate of drug-likeness (QED) is 0.527. The number of aryl methyl sites for hydroxylation is 1. The molecule has 0 aliphatic carbocycles. The molecule has 0 atom stereocenters. The molecule has 4 aromatic rings. The van der Waals surface area contributed by atoms with Crippen LogP contribution in [-0.2, 0) is 0 Å². The first-order valence-electron chi connectivity index (χ1n) is 9.59. The number of rotatable bonds is 3. The van der Waals surface area contributed by atoms with Gasteiger partial charge in [0.15, 0.2) is 17.3 Å². The number of anilines is 1. The van der Waals surface area contributed by atoms with Gasteiger partial charge in [0, 0.05) is 24.4 Å². The maximum Gasteiger partial charge on any atom is 0.297 e. The lowest BCUT2D eigenvalue weighted by Gasteiger charge is -2.32. The molecule has 0 spiro atoms. The Kier molecular flexibility index (Phi) is 4.30. The van der Waals surface area contributed by atoms with E-state index in [1.54, 1.807) is 12.1 Å². The lowest BCUT2D eigenvalue weighted by molar-refractivity contribution is 0.141. The Labute approximate surface area is 165 Å². The molecule has 1 aliphatic heterocycles. The molecule has 1 saturated heterocycles. The minimum Gasteiger partial charge on any atom is -0.356 e. The highest BCUT2D eigenvalue weighted by Gasteiger charge is 2.27. The lowest BCUT2D eigenvalue weighted by atomic mass is 9.96. The summed E-state index contributed by atoms with van der Waals surface area (Å²) in [6.45, 7) is 3.32. The summed E-state index contributed by atoms with van der Waals surface area (Å²) in [4.78, 5) is 10.3. The van der Waals surface area contributed by atoms with Gasteiger partial charge in [0.05, 0.1) is 11.2 Å². The van der Waals surface area contributed by atoms with Crippen molar-refractivity contribution in [2.75, 3.05) is 18.0 Å². The van der Waals surface area contributed by atoms with Crippen LogP contribution in [0.4, 0.5) is 14.6 Å². The molecule has 7 nitrogen and oxygen atoms in total. The summed E-state index contributed by atoms with van der Waals surface area (Å²) >= 11 is 0. The first-order chi connectivity index (χ1) is 14.1. The van der Waals surface area contributed by atoms with Crippen molar-refractivity contribution in [3.8, 4) is 0 Å². The van der Waals surface area contributed by atoms with Gasteiger partial charge in [0.2, 0.25) is 0 Å². The van der Waals surface area contributed by atoms with Crippen LogP contribution in [0, 0.1) is 6.92 Å². The van der Waals surface area contributed by atoms with Crippen LogP contribution >= 0.6 is 0 Å². The SMILES string of the molecule is Cc1ccc2nnc(C3CCN(c4nc(C(F)F)nc5ccccc45)CC3)n2n1. The summed E-state index contributed by atoms with van der Waals surface area (Å²) in [5.74, 6) is 1.20. The molecule has 0 saturated carbocycles. The van der Waals surface area contributed by atoms with Crippen LogP contribution in [0.25, 0.3) is 16.6 Å². The Morgan fingerprint density at radius 2 is 1.79 bits per heavy atom. The van der Waals surface area contributed by atoms with Gasteiger partial charge in [-0.25, -0.2) is 18.7 Å². The van der Waals surface area contributed by atoms with Crippen molar-refractivity contribution in [3.05, 3.63) is 53.7 Å². The molecule has 148 valence electrons. The molecular formula is C20H19F2N7. The standard InChI is InChI=1S/C20H19F2N7/c1-12-6-7-16-25-26-19(29(16)27-12)13-8-10-28(11-9-13)20-14-4-2-3-5-15(14)23-18(24-20)17(21)22/h2-7,13,17H,8-11H2,1H3. The van der Waals surface area contributed by atoms with E-state index in [9.17, 15) is 8.78 Å². The molecule has 1 fully saturated rings. The van der Waals surface area contributed by atoms with Gasteiger partial charge in [-0.15, -0.1) is 10.2 Å². The van der Waals surface area contributed by atoms with Crippen molar-refractivity contribution in [2.24, 2.45) is 0 Å². The predicted molar refractivity (Wildman–Crippen MR) is 104 cm³/mol. The van der Waals surface area contributed by atoms with E-state index in [1.165, 1.54) is 0 Å². The van der Waals surface area contributed by atoms with Crippen LogP contribution in [0.3, 0.4) is 0 Å². The Hall–Kier alpha value is -3.23. The van der Waals surface area contributed by atoms with Crippen LogP contribution in [0.1, 0.15) is 42.5 Å². The summed E-state index contributed by atoms with van der Waals surface area (Å²) in [5.41, 5.74) is 2.18. The van der Waals surface area contributed by atoms with E-state index in [2.05, 4.69) is 30.2 Å². The Bertz CT molecular complexity index is 1180. The number of benzene rings is 1. The molecule has 1 aliphatic rings. The van der Waals surface area contributed by atoms with E-state index < -0.39 is 12.2 Å². The first kappa shape index (κ1) is 17.8. The van der Waals surface area contributed by atoms with E-state index in [1.807, 2.05) is 35.7 Å². The number of hydrogen-bond acceptors (Lipinski definition) is 6. The zero-order valence-corrected chi connectivity index (χ0v) is 15.8. The zero-order valence-electron chi connectivity index (χ0n) is 15.8. The van der Waals surface area contributed by atoms with Crippen LogP contribution < -0.4 is 4.90 Å². The van der Waals surface area contributed by atoms with Gasteiger partial charge in [-0.05, 0) is 44.0 Å². The summed E-state index contributed by atoms with van der Waals surface area (Å²) in [7, 11) is 0. The van der Waals surface area contributed by atoms with Gasteiger partial charge in [-0.1, -0.05) is 12.1 Å². The van der Waals surface area contributed by atoms with Gasteiger partial charge < -0.3 is 4.90 Å². The normalized spacial score (nSPS) is 15.7. The molecule has 0 radical (unpaired) electrons. The monoisotopic (exact) mass is 395 g/mol. The van der Waals surface area contributed by atoms with Gasteiger partial charge >= 0.3 is 0 Å². The number of fused-ring (bicyclic) bond motifs is 2. The van der Waals surface area contributed by atoms with Gasteiger partial charge in [-0.2, -0.15) is 9.61 Å². The van der Waals surface area contributed by atoms with E-state index in [0.717, 1.165) is 35.4 Å². The maximum absolute atomic E-state index is 13.3. The molecule has 5 rings (SSSR count). The fraction of sp³-hybridized carbons (Fsp3) is 0.350. The molecular weight excluding hydrogens is 376 g/mol. The number of piperidine rings is 1. The highest BCUT2D eigenvalue weighted by Crippen LogP contribution is 2.33.